The summed E-state index contributed by atoms with van der Waals surface area (Å²) in [7, 11) is -1.63. The first-order valence-corrected chi connectivity index (χ1v) is 11.4. The van der Waals surface area contributed by atoms with Crippen LogP contribution in [0.4, 0.5) is 5.69 Å². The van der Waals surface area contributed by atoms with Crippen LogP contribution in [0.1, 0.15) is 25.3 Å². The van der Waals surface area contributed by atoms with Crippen molar-refractivity contribution >= 4 is 45.6 Å². The van der Waals surface area contributed by atoms with E-state index in [0.29, 0.717) is 25.1 Å². The van der Waals surface area contributed by atoms with Crippen LogP contribution in [0.15, 0.2) is 29.3 Å². The Morgan fingerprint density at radius 2 is 2.04 bits per heavy atom. The zero-order valence-electron chi connectivity index (χ0n) is 16.7. The number of hydrogen-bond donors (Lipinski definition) is 2. The predicted octanol–water partition coefficient (Wildman–Crippen LogP) is 1.65. The zero-order chi connectivity index (χ0) is 19.3. The molecule has 1 fully saturated rings. The number of likely N-dealkylation sites (tertiary alicyclic amines) is 1. The van der Waals surface area contributed by atoms with E-state index in [2.05, 4.69) is 27.4 Å². The van der Waals surface area contributed by atoms with Gasteiger partial charge in [-0.1, -0.05) is 25.1 Å². The Bertz CT molecular complexity index is 771. The van der Waals surface area contributed by atoms with Gasteiger partial charge in [0.25, 0.3) is 0 Å². The van der Waals surface area contributed by atoms with E-state index in [1.54, 1.807) is 7.05 Å². The van der Waals surface area contributed by atoms with Gasteiger partial charge in [0.1, 0.15) is 0 Å². The maximum absolute atomic E-state index is 12.7. The Morgan fingerprint density at radius 3 is 2.79 bits per heavy atom. The predicted molar refractivity (Wildman–Crippen MR) is 126 cm³/mol. The van der Waals surface area contributed by atoms with Crippen molar-refractivity contribution in [1.29, 1.82) is 0 Å². The van der Waals surface area contributed by atoms with Crippen molar-refractivity contribution in [2.45, 2.75) is 32.2 Å². The van der Waals surface area contributed by atoms with Gasteiger partial charge < -0.3 is 10.6 Å². The number of sulfonamides is 1. The largest absolute Gasteiger partial charge is 0.355 e. The van der Waals surface area contributed by atoms with Crippen LogP contribution in [0, 0.1) is 0 Å². The van der Waals surface area contributed by atoms with E-state index in [-0.39, 0.29) is 29.7 Å². The van der Waals surface area contributed by atoms with Gasteiger partial charge in [-0.25, -0.2) is 8.42 Å². The lowest BCUT2D eigenvalue weighted by Crippen LogP contribution is -2.46. The number of rotatable bonds is 7. The van der Waals surface area contributed by atoms with Crippen LogP contribution in [0.2, 0.25) is 0 Å². The molecule has 0 aliphatic carbocycles. The average Bonchev–Trinajstić information content (AvgIpc) is 3.31. The maximum atomic E-state index is 12.7. The Hall–Kier alpha value is -1.07. The molecule has 2 N–H and O–H groups in total. The number of nitrogens with zero attached hydrogens (tertiary/aromatic N) is 3. The van der Waals surface area contributed by atoms with Crippen molar-refractivity contribution in [2.75, 3.05) is 49.8 Å². The lowest BCUT2D eigenvalue weighted by molar-refractivity contribution is 0.267. The van der Waals surface area contributed by atoms with E-state index in [4.69, 9.17) is 0 Å². The lowest BCUT2D eigenvalue weighted by atomic mass is 10.2. The third kappa shape index (κ3) is 5.50. The fourth-order valence-electron chi connectivity index (χ4n) is 3.98. The van der Waals surface area contributed by atoms with Crippen LogP contribution in [-0.4, -0.2) is 70.8 Å². The van der Waals surface area contributed by atoms with Gasteiger partial charge in [0.2, 0.25) is 10.0 Å². The summed E-state index contributed by atoms with van der Waals surface area (Å²) in [6, 6.07) is 8.25. The number of anilines is 1. The maximum Gasteiger partial charge on any atom is 0.236 e. The number of fused-ring (bicyclic) bond motifs is 1. The van der Waals surface area contributed by atoms with Crippen molar-refractivity contribution < 1.29 is 8.42 Å². The second-order valence-electron chi connectivity index (χ2n) is 7.07. The fraction of sp³-hybridized carbons (Fsp3) is 0.632. The van der Waals surface area contributed by atoms with E-state index >= 15 is 0 Å². The summed E-state index contributed by atoms with van der Waals surface area (Å²) in [6.45, 7) is 6.11. The minimum atomic E-state index is -3.34. The molecule has 9 heteroatoms. The summed E-state index contributed by atoms with van der Waals surface area (Å²) in [5.74, 6) is 0.710. The van der Waals surface area contributed by atoms with Gasteiger partial charge in [-0.3, -0.25) is 14.2 Å². The zero-order valence-corrected chi connectivity index (χ0v) is 19.9. The molecular weight excluding hydrogens is 489 g/mol. The summed E-state index contributed by atoms with van der Waals surface area (Å²) in [5.41, 5.74) is 1.92. The summed E-state index contributed by atoms with van der Waals surface area (Å²) < 4.78 is 27.0. The number of aliphatic imine (C=N–C) groups is 1. The highest BCUT2D eigenvalue weighted by atomic mass is 127. The molecule has 0 aromatic heterocycles. The van der Waals surface area contributed by atoms with Crippen molar-refractivity contribution in [3.8, 4) is 0 Å². The Balaban J connectivity index is 0.00000280. The van der Waals surface area contributed by atoms with Crippen LogP contribution in [0.25, 0.3) is 0 Å². The normalized spacial score (nSPS) is 20.0. The summed E-state index contributed by atoms with van der Waals surface area (Å²) in [6.07, 6.45) is 3.21. The molecule has 7 nitrogen and oxygen atoms in total. The number of nitrogens with one attached hydrogen (secondary N) is 2. The molecule has 0 radical (unpaired) electrons. The second-order valence-corrected chi connectivity index (χ2v) is 9.08. The highest BCUT2D eigenvalue weighted by molar-refractivity contribution is 14.0. The van der Waals surface area contributed by atoms with E-state index in [1.165, 1.54) is 17.1 Å². The Morgan fingerprint density at radius 1 is 1.25 bits per heavy atom. The molecule has 0 saturated carbocycles. The molecule has 1 unspecified atom stereocenters. The summed E-state index contributed by atoms with van der Waals surface area (Å²) in [5, 5.41) is 6.48. The van der Waals surface area contributed by atoms with Crippen molar-refractivity contribution in [3.05, 3.63) is 29.8 Å². The van der Waals surface area contributed by atoms with Crippen LogP contribution in [0.5, 0.6) is 0 Å². The van der Waals surface area contributed by atoms with Gasteiger partial charge >= 0.3 is 0 Å². The molecule has 1 atom stereocenters. The minimum Gasteiger partial charge on any atom is -0.355 e. The molecule has 1 aromatic rings. The summed E-state index contributed by atoms with van der Waals surface area (Å²) >= 11 is 0. The van der Waals surface area contributed by atoms with Gasteiger partial charge in [0.15, 0.2) is 5.96 Å². The number of para-hydroxylation sites is 1. The van der Waals surface area contributed by atoms with Gasteiger partial charge in [0, 0.05) is 32.7 Å². The monoisotopic (exact) mass is 521 g/mol. The lowest BCUT2D eigenvalue weighted by Gasteiger charge is -2.24. The topological polar surface area (TPSA) is 77.0 Å². The molecule has 2 aliphatic heterocycles. The number of benzene rings is 1. The van der Waals surface area contributed by atoms with Crippen molar-refractivity contribution in [3.63, 3.8) is 0 Å². The molecule has 1 aromatic carbocycles. The first-order chi connectivity index (χ1) is 13.0. The van der Waals surface area contributed by atoms with Crippen LogP contribution in [0.3, 0.4) is 0 Å². The van der Waals surface area contributed by atoms with E-state index in [9.17, 15) is 8.42 Å². The van der Waals surface area contributed by atoms with E-state index in [0.717, 1.165) is 37.3 Å². The highest BCUT2D eigenvalue weighted by Gasteiger charge is 2.28. The smallest absolute Gasteiger partial charge is 0.236 e. The van der Waals surface area contributed by atoms with Crippen LogP contribution < -0.4 is 14.9 Å². The fourth-order valence-corrected chi connectivity index (χ4v) is 5.41. The quantitative estimate of drug-likeness (QED) is 0.324. The molecule has 2 heterocycles. The van der Waals surface area contributed by atoms with Crippen molar-refractivity contribution in [1.82, 2.24) is 15.5 Å². The molecule has 3 rings (SSSR count). The Labute approximate surface area is 186 Å². The summed E-state index contributed by atoms with van der Waals surface area (Å²) in [4.78, 5) is 6.69. The van der Waals surface area contributed by atoms with Crippen LogP contribution >= 0.6 is 24.0 Å². The van der Waals surface area contributed by atoms with E-state index in [1.807, 2.05) is 24.3 Å². The molecular formula is C19H32IN5O2S. The molecule has 0 amide bonds. The first-order valence-electron chi connectivity index (χ1n) is 9.82. The molecule has 158 valence electrons. The van der Waals surface area contributed by atoms with Crippen molar-refractivity contribution in [2.24, 2.45) is 4.99 Å². The Kier molecular flexibility index (Phi) is 8.81. The highest BCUT2D eigenvalue weighted by Crippen LogP contribution is 2.29. The number of hydrogen-bond acceptors (Lipinski definition) is 4. The third-order valence-electron chi connectivity index (χ3n) is 5.47. The molecule has 2 aliphatic rings. The number of guanidine groups is 1. The third-order valence-corrected chi connectivity index (χ3v) is 7.24. The second kappa shape index (κ2) is 10.6. The average molecular weight is 521 g/mol. The number of halogens is 1. The molecule has 0 spiro atoms. The standard InChI is InChI=1S/C19H31N5O2S.HI/c1-3-23-12-6-8-17(23)15-22-19(20-2)21-11-14-27(25,26)24-13-10-16-7-4-5-9-18(16)24;/h4-5,7,9,17H,3,6,8,10-15H2,1-2H3,(H2,20,21,22);1H. The van der Waals surface area contributed by atoms with E-state index < -0.39 is 10.0 Å². The number of likely N-dealkylation sites (N-methyl/N-ethyl adjacent to an activating group) is 1. The van der Waals surface area contributed by atoms with Gasteiger partial charge in [-0.05, 0) is 44.0 Å². The molecule has 1 saturated heterocycles. The van der Waals surface area contributed by atoms with Gasteiger partial charge in [0.05, 0.1) is 11.4 Å². The molecule has 28 heavy (non-hydrogen) atoms. The molecule has 0 bridgehead atoms. The first kappa shape index (κ1) is 23.2. The van der Waals surface area contributed by atoms with Crippen LogP contribution in [-0.2, 0) is 16.4 Å². The van der Waals surface area contributed by atoms with Gasteiger partial charge in [-0.2, -0.15) is 0 Å². The SMILES string of the molecule is CCN1CCCC1CNC(=NC)NCCS(=O)(=O)N1CCc2ccccc21.I. The minimum absolute atomic E-state index is 0. The van der Waals surface area contributed by atoms with Gasteiger partial charge in [-0.15, -0.1) is 24.0 Å².